The maximum absolute atomic E-state index is 11.6. The molecule has 0 aliphatic carbocycles. The molecule has 0 amide bonds. The largest absolute Gasteiger partial charge is 0.458 e. The van der Waals surface area contributed by atoms with Crippen LogP contribution in [0.5, 0.6) is 0 Å². The third-order valence-corrected chi connectivity index (χ3v) is 3.24. The van der Waals surface area contributed by atoms with Gasteiger partial charge in [0.25, 0.3) is 10.1 Å². The molecule has 1 N–H and O–H groups in total. The zero-order chi connectivity index (χ0) is 13.8. The highest BCUT2D eigenvalue weighted by Gasteiger charge is 2.17. The van der Waals surface area contributed by atoms with Crippen LogP contribution in [0.3, 0.4) is 0 Å². The molecule has 0 saturated heterocycles. The Bertz CT molecular complexity index is 504. The van der Waals surface area contributed by atoms with Crippen LogP contribution in [-0.2, 0) is 21.3 Å². The number of aryl methyl sites for hydroxylation is 1. The number of hydrogen-bond acceptors (Lipinski definition) is 4. The van der Waals surface area contributed by atoms with Gasteiger partial charge < -0.3 is 4.74 Å². The standard InChI is InChI=1S/C12H16O5S/c1-3-10-4-6-11(7-5-10)12(13)17-9(2)8-18(14,15)16/h4-7,9H,3,8H2,1-2H3,(H,14,15,16). The fourth-order valence-electron chi connectivity index (χ4n) is 1.46. The molecule has 1 unspecified atom stereocenters. The van der Waals surface area contributed by atoms with E-state index in [0.29, 0.717) is 5.56 Å². The molecular weight excluding hydrogens is 256 g/mol. The van der Waals surface area contributed by atoms with E-state index in [1.54, 1.807) is 12.1 Å². The van der Waals surface area contributed by atoms with E-state index >= 15 is 0 Å². The van der Waals surface area contributed by atoms with Crippen molar-refractivity contribution in [2.75, 3.05) is 5.75 Å². The predicted molar refractivity (Wildman–Crippen MR) is 67.1 cm³/mol. The number of carbonyl (C=O) groups excluding carboxylic acids is 1. The van der Waals surface area contributed by atoms with Crippen LogP contribution in [0.1, 0.15) is 29.8 Å². The van der Waals surface area contributed by atoms with Crippen LogP contribution in [0, 0.1) is 0 Å². The van der Waals surface area contributed by atoms with Crippen LogP contribution < -0.4 is 0 Å². The summed E-state index contributed by atoms with van der Waals surface area (Å²) in [7, 11) is -4.14. The highest BCUT2D eigenvalue weighted by Crippen LogP contribution is 2.08. The Labute approximate surface area is 107 Å². The van der Waals surface area contributed by atoms with Gasteiger partial charge in [0.05, 0.1) is 5.56 Å². The number of esters is 1. The number of hydrogen-bond donors (Lipinski definition) is 1. The summed E-state index contributed by atoms with van der Waals surface area (Å²) in [5.41, 5.74) is 1.45. The number of ether oxygens (including phenoxy) is 1. The predicted octanol–water partition coefficient (Wildman–Crippen LogP) is 1.68. The first-order chi connectivity index (χ1) is 8.31. The van der Waals surface area contributed by atoms with Crippen LogP contribution in [0.4, 0.5) is 0 Å². The zero-order valence-corrected chi connectivity index (χ0v) is 11.1. The molecular formula is C12H16O5S. The molecule has 0 aromatic heterocycles. The molecule has 0 aliphatic rings. The van der Waals surface area contributed by atoms with Crippen molar-refractivity contribution in [3.63, 3.8) is 0 Å². The minimum atomic E-state index is -4.14. The van der Waals surface area contributed by atoms with Crippen LogP contribution in [0.15, 0.2) is 24.3 Å². The van der Waals surface area contributed by atoms with Crippen molar-refractivity contribution in [2.24, 2.45) is 0 Å². The summed E-state index contributed by atoms with van der Waals surface area (Å²) in [5, 5.41) is 0. The SMILES string of the molecule is CCc1ccc(C(=O)OC(C)CS(=O)(=O)O)cc1. The van der Waals surface area contributed by atoms with Gasteiger partial charge in [-0.15, -0.1) is 0 Å². The molecule has 1 rings (SSSR count). The van der Waals surface area contributed by atoms with Crippen molar-refractivity contribution in [1.82, 2.24) is 0 Å². The minimum absolute atomic E-state index is 0.356. The fourth-order valence-corrected chi connectivity index (χ4v) is 2.12. The summed E-state index contributed by atoms with van der Waals surface area (Å²) in [6, 6.07) is 6.87. The van der Waals surface area contributed by atoms with E-state index < -0.39 is 27.9 Å². The third kappa shape index (κ3) is 4.85. The van der Waals surface area contributed by atoms with Crippen LogP contribution in [-0.4, -0.2) is 30.8 Å². The van der Waals surface area contributed by atoms with Crippen molar-refractivity contribution in [2.45, 2.75) is 26.4 Å². The first-order valence-electron chi connectivity index (χ1n) is 5.57. The Morgan fingerprint density at radius 3 is 2.33 bits per heavy atom. The van der Waals surface area contributed by atoms with Crippen molar-refractivity contribution in [1.29, 1.82) is 0 Å². The number of carbonyl (C=O) groups is 1. The van der Waals surface area contributed by atoms with Crippen LogP contribution in [0.25, 0.3) is 0 Å². The lowest BCUT2D eigenvalue weighted by atomic mass is 10.1. The summed E-state index contributed by atoms with van der Waals surface area (Å²) >= 11 is 0. The molecule has 100 valence electrons. The quantitative estimate of drug-likeness (QED) is 0.651. The lowest BCUT2D eigenvalue weighted by Gasteiger charge is -2.11. The van der Waals surface area contributed by atoms with Crippen LogP contribution >= 0.6 is 0 Å². The van der Waals surface area contributed by atoms with Gasteiger partial charge in [0.2, 0.25) is 0 Å². The number of rotatable bonds is 5. The number of benzene rings is 1. The fraction of sp³-hybridized carbons (Fsp3) is 0.417. The third-order valence-electron chi connectivity index (χ3n) is 2.35. The Balaban J connectivity index is 2.64. The summed E-state index contributed by atoms with van der Waals surface area (Å²) in [4.78, 5) is 11.6. The molecule has 1 atom stereocenters. The van der Waals surface area contributed by atoms with Crippen molar-refractivity contribution >= 4 is 16.1 Å². The molecule has 1 aromatic rings. The summed E-state index contributed by atoms with van der Waals surface area (Å²) in [6.45, 7) is 3.41. The van der Waals surface area contributed by atoms with Gasteiger partial charge in [-0.1, -0.05) is 19.1 Å². The van der Waals surface area contributed by atoms with E-state index in [4.69, 9.17) is 9.29 Å². The molecule has 0 fully saturated rings. The lowest BCUT2D eigenvalue weighted by Crippen LogP contribution is -2.23. The van der Waals surface area contributed by atoms with E-state index in [2.05, 4.69) is 0 Å². The summed E-state index contributed by atoms with van der Waals surface area (Å²) in [6.07, 6.45) is -0.0209. The maximum Gasteiger partial charge on any atom is 0.338 e. The van der Waals surface area contributed by atoms with E-state index in [1.165, 1.54) is 6.92 Å². The van der Waals surface area contributed by atoms with E-state index in [9.17, 15) is 13.2 Å². The maximum atomic E-state index is 11.6. The molecule has 6 heteroatoms. The minimum Gasteiger partial charge on any atom is -0.458 e. The lowest BCUT2D eigenvalue weighted by molar-refractivity contribution is 0.0382. The molecule has 0 radical (unpaired) electrons. The average Bonchev–Trinajstić information content (AvgIpc) is 2.26. The van der Waals surface area contributed by atoms with Gasteiger partial charge in [-0.05, 0) is 31.0 Å². The van der Waals surface area contributed by atoms with Gasteiger partial charge in [-0.25, -0.2) is 4.79 Å². The monoisotopic (exact) mass is 272 g/mol. The Hall–Kier alpha value is -1.40. The van der Waals surface area contributed by atoms with E-state index in [-0.39, 0.29) is 0 Å². The second-order valence-corrected chi connectivity index (χ2v) is 5.51. The van der Waals surface area contributed by atoms with Gasteiger partial charge in [-0.2, -0.15) is 8.42 Å². The Morgan fingerprint density at radius 1 is 1.33 bits per heavy atom. The van der Waals surface area contributed by atoms with Crippen molar-refractivity contribution < 1.29 is 22.5 Å². The molecule has 0 bridgehead atoms. The first kappa shape index (κ1) is 14.7. The van der Waals surface area contributed by atoms with Gasteiger partial charge >= 0.3 is 5.97 Å². The highest BCUT2D eigenvalue weighted by atomic mass is 32.2. The molecule has 18 heavy (non-hydrogen) atoms. The van der Waals surface area contributed by atoms with Gasteiger partial charge in [0.15, 0.2) is 0 Å². The molecule has 1 aromatic carbocycles. The van der Waals surface area contributed by atoms with Gasteiger partial charge in [0.1, 0.15) is 11.9 Å². The molecule has 0 aliphatic heterocycles. The smallest absolute Gasteiger partial charge is 0.338 e. The Kier molecular flexibility index (Phi) is 4.86. The topological polar surface area (TPSA) is 80.7 Å². The summed E-state index contributed by atoms with van der Waals surface area (Å²) < 4.78 is 34.7. The summed E-state index contributed by atoms with van der Waals surface area (Å²) in [5.74, 6) is -1.21. The molecule has 0 saturated carbocycles. The van der Waals surface area contributed by atoms with E-state index in [0.717, 1.165) is 12.0 Å². The molecule has 0 spiro atoms. The van der Waals surface area contributed by atoms with Gasteiger partial charge in [-0.3, -0.25) is 4.55 Å². The first-order valence-corrected chi connectivity index (χ1v) is 7.18. The molecule has 5 nitrogen and oxygen atoms in total. The normalized spacial score (nSPS) is 13.1. The Morgan fingerprint density at radius 2 is 1.89 bits per heavy atom. The highest BCUT2D eigenvalue weighted by molar-refractivity contribution is 7.85. The van der Waals surface area contributed by atoms with Crippen molar-refractivity contribution in [3.8, 4) is 0 Å². The second kappa shape index (κ2) is 5.97. The average molecular weight is 272 g/mol. The second-order valence-electron chi connectivity index (χ2n) is 4.01. The zero-order valence-electron chi connectivity index (χ0n) is 10.3. The van der Waals surface area contributed by atoms with Gasteiger partial charge in [0, 0.05) is 0 Å². The van der Waals surface area contributed by atoms with E-state index in [1.807, 2.05) is 19.1 Å². The van der Waals surface area contributed by atoms with Crippen molar-refractivity contribution in [3.05, 3.63) is 35.4 Å². The molecule has 0 heterocycles. The van der Waals surface area contributed by atoms with Crippen LogP contribution in [0.2, 0.25) is 0 Å².